The maximum atomic E-state index is 11.9. The minimum Gasteiger partial charge on any atom is -0.594 e. The highest BCUT2D eigenvalue weighted by Gasteiger charge is 2.03. The van der Waals surface area contributed by atoms with Gasteiger partial charge in [-0.25, -0.2) is 0 Å². The van der Waals surface area contributed by atoms with Crippen molar-refractivity contribution in [2.75, 3.05) is 0 Å². The molecular weight excluding hydrogens is 284 g/mol. The van der Waals surface area contributed by atoms with Crippen molar-refractivity contribution >= 4 is 17.5 Å². The van der Waals surface area contributed by atoms with Crippen LogP contribution in [0.5, 0.6) is 0 Å². The molecule has 0 N–H and O–H groups in total. The summed E-state index contributed by atoms with van der Waals surface area (Å²) >= 11 is 0. The molecule has 0 saturated carbocycles. The minimum atomic E-state index is 0.531. The van der Waals surface area contributed by atoms with Crippen molar-refractivity contribution in [2.24, 2.45) is 5.11 Å². The van der Waals surface area contributed by atoms with Gasteiger partial charge >= 0.3 is 0 Å². The van der Waals surface area contributed by atoms with Gasteiger partial charge in [0.15, 0.2) is 0 Å². The van der Waals surface area contributed by atoms with Gasteiger partial charge in [-0.2, -0.15) is 0 Å². The Morgan fingerprint density at radius 1 is 0.870 bits per heavy atom. The molecule has 3 nitrogen and oxygen atoms in total. The molecule has 0 aromatic heterocycles. The number of rotatable bonds is 3. The lowest BCUT2D eigenvalue weighted by molar-refractivity contribution is -0.435. The Morgan fingerprint density at radius 3 is 1.87 bits per heavy atom. The third-order valence-electron chi connectivity index (χ3n) is 2.71. The van der Waals surface area contributed by atoms with Crippen LogP contribution in [-0.2, 0) is 0 Å². The highest BCUT2D eigenvalue weighted by Crippen LogP contribution is 2.18. The predicted octanol–water partition coefficient (Wildman–Crippen LogP) is 7.01. The molecule has 0 atom stereocenters. The molecule has 124 valence electrons. The van der Waals surface area contributed by atoms with Crippen LogP contribution >= 0.6 is 0 Å². The second-order valence-corrected chi connectivity index (χ2v) is 4.30. The highest BCUT2D eigenvalue weighted by atomic mass is 16.5. The van der Waals surface area contributed by atoms with Crippen LogP contribution in [0, 0.1) is 12.1 Å². The number of benzene rings is 2. The summed E-state index contributed by atoms with van der Waals surface area (Å²) in [5.41, 5.74) is 3.38. The molecule has 0 spiro atoms. The topological polar surface area (TPSA) is 38.4 Å². The lowest BCUT2D eigenvalue weighted by Gasteiger charge is -2.00. The molecule has 2 aromatic rings. The Morgan fingerprint density at radius 2 is 1.39 bits per heavy atom. The van der Waals surface area contributed by atoms with Crippen molar-refractivity contribution in [3.05, 3.63) is 70.9 Å². The molecule has 0 fully saturated rings. The average molecular weight is 312 g/mol. The zero-order valence-corrected chi connectivity index (χ0v) is 15.1. The van der Waals surface area contributed by atoms with Gasteiger partial charge in [-0.15, -0.1) is 0 Å². The van der Waals surface area contributed by atoms with E-state index in [-0.39, 0.29) is 0 Å². The van der Waals surface area contributed by atoms with E-state index in [1.54, 1.807) is 12.1 Å². The van der Waals surface area contributed by atoms with Crippen molar-refractivity contribution in [2.45, 2.75) is 41.5 Å². The molecule has 2 rings (SSSR count). The Hall–Kier alpha value is -2.42. The molecule has 0 aliphatic carbocycles. The quantitative estimate of drug-likeness (QED) is 0.341. The fourth-order valence-corrected chi connectivity index (χ4v) is 1.68. The first-order chi connectivity index (χ1) is 11.2. The number of nitrogens with zero attached hydrogens (tertiary/aromatic N) is 2. The van der Waals surface area contributed by atoms with Crippen LogP contribution in [0.25, 0.3) is 6.08 Å². The molecule has 0 amide bonds. The normalized spacial score (nSPS) is 10.4. The van der Waals surface area contributed by atoms with E-state index in [0.717, 1.165) is 11.1 Å². The number of aryl methyl sites for hydroxylation is 1. The van der Waals surface area contributed by atoms with Gasteiger partial charge in [0.1, 0.15) is 5.69 Å². The molecule has 0 aliphatic heterocycles. The fourth-order valence-electron chi connectivity index (χ4n) is 1.68. The molecule has 3 heteroatoms. The van der Waals surface area contributed by atoms with Crippen molar-refractivity contribution < 1.29 is 4.86 Å². The molecular formula is C20H28N2O. The van der Waals surface area contributed by atoms with Crippen LogP contribution in [0.1, 0.15) is 45.7 Å². The Bertz CT molecular complexity index is 597. The van der Waals surface area contributed by atoms with Gasteiger partial charge < -0.3 is 5.21 Å². The number of hydrogen-bond donors (Lipinski definition) is 0. The van der Waals surface area contributed by atoms with E-state index in [0.29, 0.717) is 16.2 Å². The summed E-state index contributed by atoms with van der Waals surface area (Å²) in [6.45, 7) is 11.9. The van der Waals surface area contributed by atoms with Crippen LogP contribution in [0.3, 0.4) is 0 Å². The summed E-state index contributed by atoms with van der Waals surface area (Å²) in [4.78, 5) is 0.643. The second-order valence-electron chi connectivity index (χ2n) is 4.30. The molecule has 0 heterocycles. The highest BCUT2D eigenvalue weighted by molar-refractivity contribution is 5.52. The van der Waals surface area contributed by atoms with Crippen LogP contribution < -0.4 is 0 Å². The summed E-state index contributed by atoms with van der Waals surface area (Å²) in [6.07, 6.45) is 3.97. The second kappa shape index (κ2) is 12.2. The lowest BCUT2D eigenvalue weighted by atomic mass is 10.2. The van der Waals surface area contributed by atoms with E-state index in [9.17, 15) is 5.21 Å². The number of azo groups is 1. The predicted molar refractivity (Wildman–Crippen MR) is 100 cm³/mol. The summed E-state index contributed by atoms with van der Waals surface area (Å²) in [7, 11) is 0. The Labute approximate surface area is 140 Å². The number of hydrogen-bond acceptors (Lipinski definition) is 2. The molecule has 0 radical (unpaired) electrons. The number of allylic oxidation sites excluding steroid dienone is 1. The first kappa shape index (κ1) is 20.6. The summed E-state index contributed by atoms with van der Waals surface area (Å²) < 4.78 is 0. The Kier molecular flexibility index (Phi) is 10.9. The molecule has 0 saturated heterocycles. The molecule has 0 aliphatic rings. The van der Waals surface area contributed by atoms with E-state index in [1.807, 2.05) is 90.1 Å². The van der Waals surface area contributed by atoms with E-state index in [2.05, 4.69) is 5.11 Å². The van der Waals surface area contributed by atoms with Crippen molar-refractivity contribution in [1.82, 2.24) is 0 Å². The van der Waals surface area contributed by atoms with Crippen molar-refractivity contribution in [1.29, 1.82) is 0 Å². The molecule has 23 heavy (non-hydrogen) atoms. The zero-order chi connectivity index (χ0) is 17.7. The first-order valence-corrected chi connectivity index (χ1v) is 8.17. The smallest absolute Gasteiger partial charge is 0.244 e. The standard InChI is InChI=1S/C16H16N2O.2C2H6/c1-3-4-14-7-9-15(10-8-14)17-18(19)16-11-5-13(2)6-12-16;2*1-2/h3-12H,1-2H3;2*1-2H3/b4-3+,18-17?;;. The third kappa shape index (κ3) is 7.41. The average Bonchev–Trinajstić information content (AvgIpc) is 2.61. The fraction of sp³-hybridized carbons (Fsp3) is 0.300. The van der Waals surface area contributed by atoms with E-state index < -0.39 is 0 Å². The van der Waals surface area contributed by atoms with E-state index >= 15 is 0 Å². The van der Waals surface area contributed by atoms with Crippen LogP contribution in [0.15, 0.2) is 59.7 Å². The maximum absolute atomic E-state index is 11.9. The monoisotopic (exact) mass is 312 g/mol. The largest absolute Gasteiger partial charge is 0.594 e. The van der Waals surface area contributed by atoms with Crippen molar-refractivity contribution in [3.8, 4) is 0 Å². The summed E-state index contributed by atoms with van der Waals surface area (Å²) in [5.74, 6) is 0. The van der Waals surface area contributed by atoms with E-state index in [1.165, 1.54) is 0 Å². The molecule has 0 unspecified atom stereocenters. The third-order valence-corrected chi connectivity index (χ3v) is 2.71. The first-order valence-electron chi connectivity index (χ1n) is 8.17. The molecule has 0 bridgehead atoms. The zero-order valence-electron chi connectivity index (χ0n) is 15.1. The summed E-state index contributed by atoms with van der Waals surface area (Å²) in [6, 6.07) is 14.8. The molecule has 2 aromatic carbocycles. The van der Waals surface area contributed by atoms with Gasteiger partial charge in [-0.05, 0) is 31.5 Å². The van der Waals surface area contributed by atoms with Gasteiger partial charge in [-0.3, -0.25) is 0 Å². The van der Waals surface area contributed by atoms with Gasteiger partial charge in [0.25, 0.3) is 0 Å². The van der Waals surface area contributed by atoms with Gasteiger partial charge in [0, 0.05) is 17.2 Å². The Balaban J connectivity index is 0.00000112. The van der Waals surface area contributed by atoms with Crippen molar-refractivity contribution in [3.63, 3.8) is 0 Å². The van der Waals surface area contributed by atoms with E-state index in [4.69, 9.17) is 0 Å². The summed E-state index contributed by atoms with van der Waals surface area (Å²) in [5, 5.41) is 15.9. The van der Waals surface area contributed by atoms with Crippen LogP contribution in [-0.4, -0.2) is 4.86 Å². The lowest BCUT2D eigenvalue weighted by Crippen LogP contribution is -1.90. The minimum absolute atomic E-state index is 0.531. The van der Waals surface area contributed by atoms with Gasteiger partial charge in [0.05, 0.1) is 0 Å². The van der Waals surface area contributed by atoms with Gasteiger partial charge in [0.2, 0.25) is 5.69 Å². The maximum Gasteiger partial charge on any atom is 0.244 e. The SMILES string of the molecule is C/C=C/c1ccc(N=[N+]([O-])c2ccc(C)cc2)cc1.CC.CC. The van der Waals surface area contributed by atoms with Gasteiger partial charge in [-0.1, -0.05) is 74.5 Å². The van der Waals surface area contributed by atoms with Crippen LogP contribution in [0.2, 0.25) is 0 Å². The van der Waals surface area contributed by atoms with Crippen LogP contribution in [0.4, 0.5) is 11.4 Å².